The molecule has 9 heteroatoms. The molecule has 0 radical (unpaired) electrons. The quantitative estimate of drug-likeness (QED) is 0.617. The molecular formula is C20H19N7O2. The Bertz CT molecular complexity index is 1100. The minimum atomic E-state index is -0.851. The molecule has 4 N–H and O–H groups in total. The van der Waals surface area contributed by atoms with Gasteiger partial charge in [-0.05, 0) is 29.7 Å². The van der Waals surface area contributed by atoms with Crippen molar-refractivity contribution in [2.45, 2.75) is 24.3 Å². The van der Waals surface area contributed by atoms with Crippen molar-refractivity contribution in [3.8, 4) is 0 Å². The maximum Gasteiger partial charge on any atom is 0.239 e. The lowest BCUT2D eigenvalue weighted by Crippen LogP contribution is -2.43. The number of nitrogens with zero attached hydrogens (tertiary/aromatic N) is 4. The number of para-hydroxylation sites is 1. The zero-order valence-electron chi connectivity index (χ0n) is 15.5. The zero-order chi connectivity index (χ0) is 20.0. The number of hydrogen-bond acceptors (Lipinski definition) is 6. The Labute approximate surface area is 166 Å². The second kappa shape index (κ2) is 6.40. The number of aromatic amines is 1. The summed E-state index contributed by atoms with van der Waals surface area (Å²) in [5.74, 6) is 0.254. The Morgan fingerprint density at radius 1 is 1.28 bits per heavy atom. The third-order valence-electron chi connectivity index (χ3n) is 5.77. The summed E-state index contributed by atoms with van der Waals surface area (Å²) in [6.45, 7) is 0.448. The van der Waals surface area contributed by atoms with Crippen LogP contribution in [0.25, 0.3) is 0 Å². The van der Waals surface area contributed by atoms with Gasteiger partial charge < -0.3 is 16.0 Å². The molecule has 2 aliphatic rings. The molecule has 2 aromatic heterocycles. The first-order chi connectivity index (χ1) is 14.1. The van der Waals surface area contributed by atoms with Crippen LogP contribution in [0, 0.1) is 0 Å². The molecule has 29 heavy (non-hydrogen) atoms. The number of pyridine rings is 1. The van der Waals surface area contributed by atoms with Crippen LogP contribution in [-0.4, -0.2) is 43.4 Å². The molecule has 0 saturated carbocycles. The Balaban J connectivity index is 1.59. The van der Waals surface area contributed by atoms with Crippen molar-refractivity contribution in [1.82, 2.24) is 25.1 Å². The van der Waals surface area contributed by atoms with Gasteiger partial charge in [0.2, 0.25) is 17.8 Å². The number of nitrogens with two attached hydrogens (primary N) is 1. The summed E-state index contributed by atoms with van der Waals surface area (Å²) in [6.07, 6.45) is 3.95. The molecule has 3 aromatic rings. The van der Waals surface area contributed by atoms with E-state index in [1.54, 1.807) is 17.3 Å². The maximum absolute atomic E-state index is 13.3. The highest BCUT2D eigenvalue weighted by atomic mass is 16.2. The normalized spacial score (nSPS) is 22.7. The van der Waals surface area contributed by atoms with Crippen LogP contribution in [0.15, 0.2) is 48.8 Å². The summed E-state index contributed by atoms with van der Waals surface area (Å²) in [5, 5.41) is 9.46. The number of H-pyrrole nitrogens is 1. The minimum Gasteiger partial charge on any atom is -0.367 e. The number of fused-ring (bicyclic) bond motifs is 2. The van der Waals surface area contributed by atoms with Gasteiger partial charge >= 0.3 is 0 Å². The summed E-state index contributed by atoms with van der Waals surface area (Å²) in [4.78, 5) is 36.5. The number of benzene rings is 1. The summed E-state index contributed by atoms with van der Waals surface area (Å²) >= 11 is 0. The first-order valence-corrected chi connectivity index (χ1v) is 9.37. The van der Waals surface area contributed by atoms with Gasteiger partial charge in [-0.15, -0.1) is 5.10 Å². The van der Waals surface area contributed by atoms with E-state index in [9.17, 15) is 9.59 Å². The fourth-order valence-electron chi connectivity index (χ4n) is 4.59. The average molecular weight is 389 g/mol. The van der Waals surface area contributed by atoms with Crippen molar-refractivity contribution in [2.24, 2.45) is 0 Å². The van der Waals surface area contributed by atoms with Gasteiger partial charge in [-0.2, -0.15) is 4.98 Å². The number of anilines is 2. The predicted octanol–water partition coefficient (Wildman–Crippen LogP) is 1.19. The molecule has 1 spiro atoms. The first kappa shape index (κ1) is 17.4. The van der Waals surface area contributed by atoms with Crippen LogP contribution in [0.1, 0.15) is 29.4 Å². The maximum atomic E-state index is 13.3. The lowest BCUT2D eigenvalue weighted by atomic mass is 9.73. The van der Waals surface area contributed by atoms with Gasteiger partial charge in [-0.3, -0.25) is 19.7 Å². The van der Waals surface area contributed by atoms with Gasteiger partial charge in [0.05, 0.1) is 12.5 Å². The highest BCUT2D eigenvalue weighted by molar-refractivity contribution is 6.07. The molecule has 9 nitrogen and oxygen atoms in total. The Kier molecular flexibility index (Phi) is 3.83. The summed E-state index contributed by atoms with van der Waals surface area (Å²) < 4.78 is 0. The van der Waals surface area contributed by atoms with Crippen LogP contribution in [0.5, 0.6) is 0 Å². The summed E-state index contributed by atoms with van der Waals surface area (Å²) in [5.41, 5.74) is 7.23. The predicted molar refractivity (Wildman–Crippen MR) is 105 cm³/mol. The van der Waals surface area contributed by atoms with E-state index in [-0.39, 0.29) is 24.2 Å². The van der Waals surface area contributed by atoms with Gasteiger partial charge in [0, 0.05) is 24.6 Å². The molecule has 2 amide bonds. The number of carbonyl (C=O) groups excluding carboxylic acids is 2. The standard InChI is InChI=1S/C20H19N7O2/c21-19-24-15(25-26-19)10-16(28)27-9-7-20(17(27)12-4-3-8-22-11-12)13-5-1-2-6-14(13)23-18(20)29/h1-6,8,11,17H,7,9-10H2,(H,23,29)(H3,21,24,25,26). The molecule has 2 unspecified atom stereocenters. The molecule has 146 valence electrons. The number of hydrogen-bond donors (Lipinski definition) is 3. The van der Waals surface area contributed by atoms with Crippen LogP contribution in [0.3, 0.4) is 0 Å². The molecule has 1 fully saturated rings. The lowest BCUT2D eigenvalue weighted by molar-refractivity contribution is -0.133. The van der Waals surface area contributed by atoms with Crippen molar-refractivity contribution in [3.63, 3.8) is 0 Å². The van der Waals surface area contributed by atoms with E-state index in [0.29, 0.717) is 18.8 Å². The van der Waals surface area contributed by atoms with Crippen molar-refractivity contribution in [2.75, 3.05) is 17.6 Å². The van der Waals surface area contributed by atoms with Crippen molar-refractivity contribution in [1.29, 1.82) is 0 Å². The molecule has 0 aliphatic carbocycles. The van der Waals surface area contributed by atoms with Gasteiger partial charge in [0.1, 0.15) is 11.2 Å². The van der Waals surface area contributed by atoms with Crippen LogP contribution in [-0.2, 0) is 21.4 Å². The fraction of sp³-hybridized carbons (Fsp3) is 0.250. The number of nitrogen functional groups attached to an aromatic ring is 1. The number of nitrogens with one attached hydrogen (secondary N) is 2. The molecule has 0 bridgehead atoms. The number of carbonyl (C=O) groups is 2. The van der Waals surface area contributed by atoms with E-state index < -0.39 is 11.5 Å². The molecule has 2 aliphatic heterocycles. The van der Waals surface area contributed by atoms with Crippen molar-refractivity contribution in [3.05, 3.63) is 65.7 Å². The van der Waals surface area contributed by atoms with E-state index in [0.717, 1.165) is 16.8 Å². The van der Waals surface area contributed by atoms with E-state index in [2.05, 4.69) is 25.5 Å². The second-order valence-corrected chi connectivity index (χ2v) is 7.31. The highest BCUT2D eigenvalue weighted by Gasteiger charge is 2.59. The van der Waals surface area contributed by atoms with Crippen LogP contribution in [0.4, 0.5) is 11.6 Å². The summed E-state index contributed by atoms with van der Waals surface area (Å²) in [7, 11) is 0. The van der Waals surface area contributed by atoms with Gasteiger partial charge in [-0.25, -0.2) is 0 Å². The second-order valence-electron chi connectivity index (χ2n) is 7.31. The third kappa shape index (κ3) is 2.58. The number of amides is 2. The van der Waals surface area contributed by atoms with Gasteiger partial charge in [0.15, 0.2) is 0 Å². The Morgan fingerprint density at radius 2 is 2.14 bits per heavy atom. The van der Waals surface area contributed by atoms with E-state index >= 15 is 0 Å². The van der Waals surface area contributed by atoms with E-state index in [4.69, 9.17) is 5.73 Å². The van der Waals surface area contributed by atoms with Crippen LogP contribution >= 0.6 is 0 Å². The molecule has 1 saturated heterocycles. The lowest BCUT2D eigenvalue weighted by Gasteiger charge is -2.34. The minimum absolute atomic E-state index is 0.0281. The molecule has 4 heterocycles. The van der Waals surface area contributed by atoms with Gasteiger partial charge in [0.25, 0.3) is 0 Å². The smallest absolute Gasteiger partial charge is 0.239 e. The average Bonchev–Trinajstić information content (AvgIpc) is 3.40. The summed E-state index contributed by atoms with van der Waals surface area (Å²) in [6, 6.07) is 10.9. The Hall–Kier alpha value is -3.75. The van der Waals surface area contributed by atoms with Crippen molar-refractivity contribution >= 4 is 23.5 Å². The SMILES string of the molecule is Nc1n[nH]c(CC(=O)N2CCC3(C(=O)Nc4ccccc43)C2c2cccnc2)n1. The number of rotatable bonds is 3. The van der Waals surface area contributed by atoms with Crippen LogP contribution < -0.4 is 11.1 Å². The fourth-order valence-corrected chi connectivity index (χ4v) is 4.59. The number of aromatic nitrogens is 4. The largest absolute Gasteiger partial charge is 0.367 e. The monoisotopic (exact) mass is 389 g/mol. The van der Waals surface area contributed by atoms with E-state index in [1.165, 1.54) is 0 Å². The molecular weight excluding hydrogens is 370 g/mol. The molecule has 1 aromatic carbocycles. The first-order valence-electron chi connectivity index (χ1n) is 9.37. The zero-order valence-corrected chi connectivity index (χ0v) is 15.5. The molecule has 2 atom stereocenters. The van der Waals surface area contributed by atoms with Crippen molar-refractivity contribution < 1.29 is 9.59 Å². The van der Waals surface area contributed by atoms with E-state index in [1.807, 2.05) is 36.4 Å². The molecule has 5 rings (SSSR count). The highest BCUT2D eigenvalue weighted by Crippen LogP contribution is 2.54. The van der Waals surface area contributed by atoms with Crippen LogP contribution in [0.2, 0.25) is 0 Å². The number of likely N-dealkylation sites (tertiary alicyclic amines) is 1. The Morgan fingerprint density at radius 3 is 2.90 bits per heavy atom. The third-order valence-corrected chi connectivity index (χ3v) is 5.77. The van der Waals surface area contributed by atoms with Gasteiger partial charge in [-0.1, -0.05) is 24.3 Å². The topological polar surface area (TPSA) is 130 Å².